The lowest BCUT2D eigenvalue weighted by Gasteiger charge is -2.36. The Morgan fingerprint density at radius 2 is 1.67 bits per heavy atom. The molecule has 2 atom stereocenters. The predicted octanol–water partition coefficient (Wildman–Crippen LogP) is 2.84. The highest BCUT2D eigenvalue weighted by Crippen LogP contribution is 2.20. The van der Waals surface area contributed by atoms with Crippen LogP contribution in [0.25, 0.3) is 0 Å². The van der Waals surface area contributed by atoms with E-state index in [1.54, 1.807) is 0 Å². The van der Waals surface area contributed by atoms with E-state index in [1.165, 1.54) is 12.0 Å². The number of benzene rings is 1. The summed E-state index contributed by atoms with van der Waals surface area (Å²) in [6.45, 7) is 8.22. The van der Waals surface area contributed by atoms with Crippen LogP contribution in [-0.4, -0.2) is 29.9 Å². The molecule has 1 aliphatic heterocycles. The number of hydrogen-bond donors (Lipinski definition) is 4. The van der Waals surface area contributed by atoms with Gasteiger partial charge in [0.05, 0.1) is 0 Å². The predicted molar refractivity (Wildman–Crippen MR) is 87.9 cm³/mol. The smallest absolute Gasteiger partial charge is 0.199 e. The lowest BCUT2D eigenvalue weighted by atomic mass is 9.92. The number of guanidine groups is 2. The first-order valence-corrected chi connectivity index (χ1v) is 7.47. The lowest BCUT2D eigenvalue weighted by Crippen LogP contribution is -2.50. The van der Waals surface area contributed by atoms with Gasteiger partial charge in [0.25, 0.3) is 0 Å². The second-order valence-corrected chi connectivity index (χ2v) is 6.19. The number of nitrogens with one attached hydrogen (secondary N) is 4. The third-order valence-corrected chi connectivity index (χ3v) is 3.75. The highest BCUT2D eigenvalue weighted by molar-refractivity contribution is 6.02. The number of nitrogens with zero attached hydrogens (tertiary/aromatic N) is 1. The first-order valence-electron chi connectivity index (χ1n) is 7.47. The SMILES string of the molecule is Cc1ccc(NC(=N)NC(=N)N2CC(C)CC(C)C2)cc1. The number of rotatable bonds is 1. The Kier molecular flexibility index (Phi) is 4.83. The molecule has 4 N–H and O–H groups in total. The Morgan fingerprint density at radius 3 is 2.24 bits per heavy atom. The van der Waals surface area contributed by atoms with Gasteiger partial charge in [-0.2, -0.15) is 0 Å². The van der Waals surface area contributed by atoms with Crippen molar-refractivity contribution in [1.82, 2.24) is 10.2 Å². The Hall–Kier alpha value is -2.04. The summed E-state index contributed by atoms with van der Waals surface area (Å²) in [5.74, 6) is 1.62. The maximum Gasteiger partial charge on any atom is 0.199 e. The minimum atomic E-state index is 0.134. The molecular weight excluding hydrogens is 262 g/mol. The van der Waals surface area contributed by atoms with Gasteiger partial charge in [-0.3, -0.25) is 16.1 Å². The molecule has 1 saturated heterocycles. The molecule has 0 aliphatic carbocycles. The Bertz CT molecular complexity index is 498. The number of likely N-dealkylation sites (tertiary alicyclic amines) is 1. The molecule has 5 nitrogen and oxygen atoms in total. The fourth-order valence-electron chi connectivity index (χ4n) is 2.86. The molecule has 2 rings (SSSR count). The number of aryl methyl sites for hydroxylation is 1. The molecule has 21 heavy (non-hydrogen) atoms. The van der Waals surface area contributed by atoms with E-state index < -0.39 is 0 Å². The van der Waals surface area contributed by atoms with Crippen molar-refractivity contribution in [3.05, 3.63) is 29.8 Å². The highest BCUT2D eigenvalue weighted by Gasteiger charge is 2.23. The molecule has 1 aromatic carbocycles. The van der Waals surface area contributed by atoms with Crippen molar-refractivity contribution in [3.63, 3.8) is 0 Å². The van der Waals surface area contributed by atoms with E-state index in [1.807, 2.05) is 36.1 Å². The Labute approximate surface area is 126 Å². The van der Waals surface area contributed by atoms with Crippen molar-refractivity contribution in [1.29, 1.82) is 10.8 Å². The largest absolute Gasteiger partial charge is 0.342 e. The second-order valence-electron chi connectivity index (χ2n) is 6.19. The van der Waals surface area contributed by atoms with Crippen LogP contribution in [0.4, 0.5) is 5.69 Å². The average molecular weight is 287 g/mol. The Balaban J connectivity index is 1.87. The molecule has 1 aliphatic rings. The molecule has 0 saturated carbocycles. The van der Waals surface area contributed by atoms with Crippen LogP contribution in [0.15, 0.2) is 24.3 Å². The average Bonchev–Trinajstić information content (AvgIpc) is 2.40. The highest BCUT2D eigenvalue weighted by atomic mass is 15.3. The van der Waals surface area contributed by atoms with Crippen molar-refractivity contribution in [2.45, 2.75) is 27.2 Å². The minimum Gasteiger partial charge on any atom is -0.342 e. The summed E-state index contributed by atoms with van der Waals surface area (Å²) in [4.78, 5) is 2.02. The van der Waals surface area contributed by atoms with Gasteiger partial charge >= 0.3 is 0 Å². The van der Waals surface area contributed by atoms with Crippen LogP contribution in [0.5, 0.6) is 0 Å². The molecular formula is C16H25N5. The van der Waals surface area contributed by atoms with Gasteiger partial charge < -0.3 is 10.2 Å². The van der Waals surface area contributed by atoms with E-state index in [0.717, 1.165) is 18.8 Å². The van der Waals surface area contributed by atoms with Gasteiger partial charge in [0, 0.05) is 18.8 Å². The van der Waals surface area contributed by atoms with Crippen molar-refractivity contribution in [3.8, 4) is 0 Å². The molecule has 1 fully saturated rings. The van der Waals surface area contributed by atoms with E-state index >= 15 is 0 Å². The molecule has 0 bridgehead atoms. The Morgan fingerprint density at radius 1 is 1.10 bits per heavy atom. The molecule has 1 heterocycles. The first-order chi connectivity index (χ1) is 9.94. The van der Waals surface area contributed by atoms with Crippen molar-refractivity contribution >= 4 is 17.6 Å². The number of piperidine rings is 1. The quantitative estimate of drug-likeness (QED) is 0.474. The molecule has 0 amide bonds. The molecule has 2 unspecified atom stereocenters. The van der Waals surface area contributed by atoms with Crippen LogP contribution >= 0.6 is 0 Å². The van der Waals surface area contributed by atoms with Crippen molar-refractivity contribution < 1.29 is 0 Å². The molecule has 114 valence electrons. The summed E-state index contributed by atoms with van der Waals surface area (Å²) in [7, 11) is 0. The summed E-state index contributed by atoms with van der Waals surface area (Å²) >= 11 is 0. The van der Waals surface area contributed by atoms with Crippen molar-refractivity contribution in [2.24, 2.45) is 11.8 Å². The van der Waals surface area contributed by atoms with Crippen LogP contribution in [0, 0.1) is 29.6 Å². The fraction of sp³-hybridized carbons (Fsp3) is 0.500. The maximum atomic E-state index is 8.13. The monoisotopic (exact) mass is 287 g/mol. The topological polar surface area (TPSA) is 75.0 Å². The first kappa shape index (κ1) is 15.4. The normalized spacial score (nSPS) is 21.8. The maximum absolute atomic E-state index is 8.13. The van der Waals surface area contributed by atoms with Crippen LogP contribution in [0.3, 0.4) is 0 Å². The number of anilines is 1. The second kappa shape index (κ2) is 6.61. The van der Waals surface area contributed by atoms with E-state index in [2.05, 4.69) is 24.5 Å². The molecule has 5 heteroatoms. The summed E-state index contributed by atoms with van der Waals surface area (Å²) in [5, 5.41) is 21.9. The van der Waals surface area contributed by atoms with E-state index in [4.69, 9.17) is 10.8 Å². The van der Waals surface area contributed by atoms with Crippen molar-refractivity contribution in [2.75, 3.05) is 18.4 Å². The van der Waals surface area contributed by atoms with Gasteiger partial charge in [0.1, 0.15) is 0 Å². The summed E-state index contributed by atoms with van der Waals surface area (Å²) in [5.41, 5.74) is 2.04. The third-order valence-electron chi connectivity index (χ3n) is 3.75. The van der Waals surface area contributed by atoms with Crippen LogP contribution in [0.2, 0.25) is 0 Å². The van der Waals surface area contributed by atoms with E-state index in [9.17, 15) is 0 Å². The number of hydrogen-bond acceptors (Lipinski definition) is 2. The summed E-state index contributed by atoms with van der Waals surface area (Å²) in [6, 6.07) is 7.85. The molecule has 1 aromatic rings. The molecule has 0 radical (unpaired) electrons. The molecule has 0 aromatic heterocycles. The van der Waals surface area contributed by atoms with Crippen LogP contribution < -0.4 is 10.6 Å². The van der Waals surface area contributed by atoms with Crippen LogP contribution in [0.1, 0.15) is 25.8 Å². The minimum absolute atomic E-state index is 0.134. The van der Waals surface area contributed by atoms with Gasteiger partial charge in [0.15, 0.2) is 11.9 Å². The van der Waals surface area contributed by atoms with Crippen LogP contribution in [-0.2, 0) is 0 Å². The third kappa shape index (κ3) is 4.48. The standard InChI is InChI=1S/C16H25N5/c1-11-4-6-14(7-5-11)19-15(17)20-16(18)21-9-12(2)8-13(3)10-21/h4-7,12-13H,8-10H2,1-3H3,(H4,17,18,19,20). The lowest BCUT2D eigenvalue weighted by molar-refractivity contribution is 0.209. The van der Waals surface area contributed by atoms with E-state index in [-0.39, 0.29) is 5.96 Å². The zero-order valence-electron chi connectivity index (χ0n) is 13.0. The summed E-state index contributed by atoms with van der Waals surface area (Å²) < 4.78 is 0. The molecule has 0 spiro atoms. The van der Waals surface area contributed by atoms with Gasteiger partial charge in [-0.1, -0.05) is 31.5 Å². The van der Waals surface area contributed by atoms with Gasteiger partial charge in [-0.05, 0) is 37.3 Å². The van der Waals surface area contributed by atoms with E-state index in [0.29, 0.717) is 17.8 Å². The van der Waals surface area contributed by atoms with Gasteiger partial charge in [0.2, 0.25) is 0 Å². The zero-order valence-corrected chi connectivity index (χ0v) is 13.0. The van der Waals surface area contributed by atoms with Gasteiger partial charge in [-0.15, -0.1) is 0 Å². The zero-order chi connectivity index (χ0) is 15.4. The fourth-order valence-corrected chi connectivity index (χ4v) is 2.86. The summed E-state index contributed by atoms with van der Waals surface area (Å²) in [6.07, 6.45) is 1.21. The van der Waals surface area contributed by atoms with Gasteiger partial charge in [-0.25, -0.2) is 0 Å².